The zero-order valence-electron chi connectivity index (χ0n) is 29.3. The molecule has 0 saturated heterocycles. The number of hydrogen-bond donors (Lipinski definition) is 2. The molecule has 49 heavy (non-hydrogen) atoms. The number of nitrogens with one attached hydrogen (secondary N) is 2. The molecule has 8 rings (SSSR count). The Hall–Kier alpha value is -4.66. The van der Waals surface area contributed by atoms with Crippen LogP contribution in [0.25, 0.3) is 44.0 Å². The quantitative estimate of drug-likeness (QED) is 0.163. The van der Waals surface area contributed by atoms with Crippen LogP contribution < -0.4 is 15.8 Å². The van der Waals surface area contributed by atoms with Gasteiger partial charge in [-0.25, -0.2) is 4.39 Å². The third kappa shape index (κ3) is 4.71. The summed E-state index contributed by atoms with van der Waals surface area (Å²) in [6, 6.07) is 15.7. The van der Waals surface area contributed by atoms with Gasteiger partial charge in [0, 0.05) is 58.7 Å². The summed E-state index contributed by atoms with van der Waals surface area (Å²) in [6.45, 7) is 14.9. The van der Waals surface area contributed by atoms with Crippen LogP contribution in [0.4, 0.5) is 10.1 Å². The van der Waals surface area contributed by atoms with Crippen LogP contribution in [-0.4, -0.2) is 43.6 Å². The monoisotopic (exact) mass is 665 g/mol. The molecule has 2 N–H and O–H groups in total. The fraction of sp³-hybridized carbons (Fsp3) is 0.425. The van der Waals surface area contributed by atoms with Crippen molar-refractivity contribution in [2.75, 3.05) is 31.6 Å². The number of carbonyl (C=O) groups excluding carboxylic acids is 2. The van der Waals surface area contributed by atoms with Crippen molar-refractivity contribution in [3.8, 4) is 11.1 Å². The number of esters is 1. The minimum Gasteiger partial charge on any atom is -0.469 e. The number of furan rings is 1. The third-order valence-corrected chi connectivity index (χ3v) is 12.8. The Labute approximate surface area is 285 Å². The van der Waals surface area contributed by atoms with Crippen molar-refractivity contribution >= 4 is 50.4 Å². The maximum Gasteiger partial charge on any atom is 0.309 e. The number of anilines is 1. The van der Waals surface area contributed by atoms with Crippen molar-refractivity contribution < 1.29 is 23.1 Å². The predicted octanol–water partition coefficient (Wildman–Crippen LogP) is 8.06. The summed E-state index contributed by atoms with van der Waals surface area (Å²) in [5.41, 5.74) is 3.44. The standard InChI is InChI=1S/C40H44FN3O5/c1-8-44(9-2)31-19-32-28(33-34(49-32)26-14-13-25(41)17-30(26)43-36(33)46)18-27(31)22-11-10-12-23(15-22)35(45)42-21-39(5)29(37(47)48-7)16-24-20-40(39,6)38(24,3)4/h10-15,17-19,24,29H,8-9,16,20-21H2,1-7H3,(H,42,45)(H,43,46)/t24-,29+,39-,40+/m0/s1. The van der Waals surface area contributed by atoms with E-state index in [9.17, 15) is 18.8 Å². The molecule has 3 fully saturated rings. The molecular formula is C40H44FN3O5. The molecule has 5 aromatic rings. The Bertz CT molecular complexity index is 2220. The van der Waals surface area contributed by atoms with Crippen LogP contribution in [0.2, 0.25) is 0 Å². The van der Waals surface area contributed by atoms with Crippen LogP contribution >= 0.6 is 0 Å². The van der Waals surface area contributed by atoms with Crippen molar-refractivity contribution in [2.24, 2.45) is 28.1 Å². The first-order valence-electron chi connectivity index (χ1n) is 17.2. The van der Waals surface area contributed by atoms with E-state index in [4.69, 9.17) is 9.15 Å². The van der Waals surface area contributed by atoms with Gasteiger partial charge in [0.25, 0.3) is 11.5 Å². The SMILES string of the molecule is CCN(CC)c1cc2oc3c4ccc(F)cc4[nH]c(=O)c3c2cc1-c1cccc(C(=O)NC[C@@]2(C)[C@@H](C(=O)OC)C[C@H]3C[C@]2(C)C3(C)C)c1. The summed E-state index contributed by atoms with van der Waals surface area (Å²) in [6.07, 6.45) is 1.77. The molecule has 0 aliphatic heterocycles. The zero-order valence-corrected chi connectivity index (χ0v) is 29.3. The lowest BCUT2D eigenvalue weighted by atomic mass is 9.31. The molecule has 3 aromatic carbocycles. The maximum atomic E-state index is 14.0. The molecule has 0 radical (unpaired) electrons. The summed E-state index contributed by atoms with van der Waals surface area (Å²) in [5, 5.41) is 4.86. The number of carbonyl (C=O) groups is 2. The molecule has 3 aliphatic rings. The number of hydrogen-bond acceptors (Lipinski definition) is 6. The smallest absolute Gasteiger partial charge is 0.309 e. The molecule has 0 unspecified atom stereocenters. The van der Waals surface area contributed by atoms with Crippen LogP contribution in [0.1, 0.15) is 64.7 Å². The highest BCUT2D eigenvalue weighted by Crippen LogP contribution is 2.75. The minimum atomic E-state index is -0.488. The number of ether oxygens (including phenoxy) is 1. The minimum absolute atomic E-state index is 0.0395. The topological polar surface area (TPSA) is 105 Å². The lowest BCUT2D eigenvalue weighted by molar-refractivity contribution is -0.255. The molecule has 1 amide bonds. The maximum absolute atomic E-state index is 14.0. The van der Waals surface area contributed by atoms with E-state index in [1.807, 2.05) is 30.3 Å². The molecule has 9 heteroatoms. The van der Waals surface area contributed by atoms with Crippen LogP contribution in [-0.2, 0) is 9.53 Å². The van der Waals surface area contributed by atoms with Gasteiger partial charge in [0.2, 0.25) is 0 Å². The summed E-state index contributed by atoms with van der Waals surface area (Å²) in [7, 11) is 1.44. The van der Waals surface area contributed by atoms with Crippen LogP contribution in [0.3, 0.4) is 0 Å². The average Bonchev–Trinajstić information content (AvgIpc) is 3.47. The molecule has 256 valence electrons. The van der Waals surface area contributed by atoms with Gasteiger partial charge in [0.15, 0.2) is 0 Å². The molecule has 3 saturated carbocycles. The van der Waals surface area contributed by atoms with Gasteiger partial charge in [-0.15, -0.1) is 0 Å². The van der Waals surface area contributed by atoms with E-state index in [0.29, 0.717) is 50.9 Å². The lowest BCUT2D eigenvalue weighted by Gasteiger charge is -2.73. The van der Waals surface area contributed by atoms with Crippen molar-refractivity contribution in [2.45, 2.75) is 54.4 Å². The first kappa shape index (κ1) is 32.9. The van der Waals surface area contributed by atoms with Gasteiger partial charge in [0.05, 0.1) is 23.9 Å². The second kappa shape index (κ2) is 11.5. The van der Waals surface area contributed by atoms with E-state index >= 15 is 0 Å². The normalized spacial score (nSPS) is 24.2. The second-order valence-corrected chi connectivity index (χ2v) is 14.9. The summed E-state index contributed by atoms with van der Waals surface area (Å²) in [5.74, 6) is -0.726. The van der Waals surface area contributed by atoms with E-state index in [1.165, 1.54) is 19.2 Å². The molecule has 4 atom stereocenters. The molecule has 8 nitrogen and oxygen atoms in total. The van der Waals surface area contributed by atoms with E-state index in [1.54, 1.807) is 12.1 Å². The number of halogens is 1. The third-order valence-electron chi connectivity index (χ3n) is 12.8. The number of aromatic amines is 1. The first-order chi connectivity index (χ1) is 23.3. The van der Waals surface area contributed by atoms with Gasteiger partial charge in [-0.3, -0.25) is 14.4 Å². The van der Waals surface area contributed by atoms with E-state index in [2.05, 4.69) is 56.7 Å². The highest BCUT2D eigenvalue weighted by atomic mass is 19.1. The number of fused-ring (bicyclic) bond motifs is 7. The number of methoxy groups -OCH3 is 1. The van der Waals surface area contributed by atoms with Gasteiger partial charge in [-0.05, 0) is 85.4 Å². The molecule has 2 heterocycles. The largest absolute Gasteiger partial charge is 0.469 e. The number of nitrogens with zero attached hydrogens (tertiary/aromatic N) is 1. The molecule has 2 bridgehead atoms. The van der Waals surface area contributed by atoms with E-state index < -0.39 is 11.2 Å². The van der Waals surface area contributed by atoms with Crippen molar-refractivity contribution in [1.29, 1.82) is 0 Å². The Morgan fingerprint density at radius 2 is 1.80 bits per heavy atom. The van der Waals surface area contributed by atoms with Crippen molar-refractivity contribution in [3.05, 3.63) is 76.3 Å². The van der Waals surface area contributed by atoms with Crippen LogP contribution in [0.5, 0.6) is 0 Å². The second-order valence-electron chi connectivity index (χ2n) is 14.9. The Morgan fingerprint density at radius 1 is 1.04 bits per heavy atom. The first-order valence-corrected chi connectivity index (χ1v) is 17.2. The van der Waals surface area contributed by atoms with Gasteiger partial charge < -0.3 is 24.4 Å². The Morgan fingerprint density at radius 3 is 2.49 bits per heavy atom. The lowest BCUT2D eigenvalue weighted by Crippen LogP contribution is -2.71. The number of H-pyrrole nitrogens is 1. The van der Waals surface area contributed by atoms with E-state index in [0.717, 1.165) is 42.7 Å². The fourth-order valence-electron chi connectivity index (χ4n) is 9.22. The summed E-state index contributed by atoms with van der Waals surface area (Å²) in [4.78, 5) is 45.3. The van der Waals surface area contributed by atoms with Gasteiger partial charge >= 0.3 is 5.97 Å². The number of amides is 1. The van der Waals surface area contributed by atoms with Crippen LogP contribution in [0.15, 0.2) is 63.8 Å². The highest BCUT2D eigenvalue weighted by molar-refractivity contribution is 6.15. The Balaban J connectivity index is 1.28. The highest BCUT2D eigenvalue weighted by Gasteiger charge is 2.71. The summed E-state index contributed by atoms with van der Waals surface area (Å²) >= 11 is 0. The number of aromatic nitrogens is 1. The number of benzene rings is 3. The van der Waals surface area contributed by atoms with Crippen LogP contribution in [0, 0.1) is 33.9 Å². The molecule has 0 spiro atoms. The number of rotatable bonds is 8. The van der Waals surface area contributed by atoms with Crippen molar-refractivity contribution in [3.63, 3.8) is 0 Å². The van der Waals surface area contributed by atoms with Crippen molar-refractivity contribution in [1.82, 2.24) is 10.3 Å². The number of pyridine rings is 1. The van der Waals surface area contributed by atoms with Gasteiger partial charge in [-0.2, -0.15) is 0 Å². The van der Waals surface area contributed by atoms with E-state index in [-0.39, 0.29) is 34.2 Å². The zero-order chi connectivity index (χ0) is 35.0. The fourth-order valence-corrected chi connectivity index (χ4v) is 9.22. The summed E-state index contributed by atoms with van der Waals surface area (Å²) < 4.78 is 25.6. The average molecular weight is 666 g/mol. The van der Waals surface area contributed by atoms with Gasteiger partial charge in [0.1, 0.15) is 17.0 Å². The molecule has 2 aromatic heterocycles. The predicted molar refractivity (Wildman–Crippen MR) is 191 cm³/mol. The Kier molecular flexibility index (Phi) is 7.69. The molecular weight excluding hydrogens is 621 g/mol. The van der Waals surface area contributed by atoms with Gasteiger partial charge in [-0.1, -0.05) is 39.8 Å². The molecule has 3 aliphatic carbocycles.